The Hall–Kier alpha value is -2.24. The van der Waals surface area contributed by atoms with Gasteiger partial charge in [0.05, 0.1) is 18.2 Å². The average Bonchev–Trinajstić information content (AvgIpc) is 2.50. The molecule has 0 aliphatic carbocycles. The van der Waals surface area contributed by atoms with Crippen LogP contribution in [-0.4, -0.2) is 29.7 Å². The number of anilines is 1. The first kappa shape index (κ1) is 19.8. The second-order valence-electron chi connectivity index (χ2n) is 6.24. The van der Waals surface area contributed by atoms with E-state index in [2.05, 4.69) is 5.32 Å². The van der Waals surface area contributed by atoms with Crippen LogP contribution in [0.1, 0.15) is 46.1 Å². The second-order valence-corrected chi connectivity index (χ2v) is 6.24. The molecule has 0 unspecified atom stereocenters. The highest BCUT2D eigenvalue weighted by Crippen LogP contribution is 2.27. The van der Waals surface area contributed by atoms with E-state index in [0.717, 1.165) is 11.3 Å². The van der Waals surface area contributed by atoms with Crippen LogP contribution in [0.3, 0.4) is 0 Å². The fourth-order valence-corrected chi connectivity index (χ4v) is 1.93. The topological polar surface area (TPSA) is 84.9 Å². The molecule has 0 aliphatic heterocycles. The number of carbonyl (C=O) groups excluding carboxylic acids is 1. The van der Waals surface area contributed by atoms with Gasteiger partial charge in [-0.15, -0.1) is 0 Å². The van der Waals surface area contributed by atoms with Crippen molar-refractivity contribution in [2.75, 3.05) is 11.9 Å². The minimum absolute atomic E-state index is 0.0681. The molecule has 0 bridgehead atoms. The van der Waals surface area contributed by atoms with Gasteiger partial charge in [-0.3, -0.25) is 9.59 Å². The summed E-state index contributed by atoms with van der Waals surface area (Å²) in [5, 5.41) is 12.0. The molecule has 0 heterocycles. The molecule has 2 N–H and O–H groups in total. The molecule has 1 rings (SSSR count). The number of hydrogen-bond donors (Lipinski definition) is 2. The van der Waals surface area contributed by atoms with Crippen LogP contribution >= 0.6 is 0 Å². The lowest BCUT2D eigenvalue weighted by Crippen LogP contribution is -2.13. The van der Waals surface area contributed by atoms with Crippen molar-refractivity contribution in [3.05, 3.63) is 23.8 Å². The first-order valence-electron chi connectivity index (χ1n) is 8.20. The first-order valence-corrected chi connectivity index (χ1v) is 8.20. The zero-order chi connectivity index (χ0) is 18.1. The first-order chi connectivity index (χ1) is 11.3. The van der Waals surface area contributed by atoms with Gasteiger partial charge >= 0.3 is 11.9 Å². The molecule has 0 atom stereocenters. The summed E-state index contributed by atoms with van der Waals surface area (Å²) < 4.78 is 10.9. The highest BCUT2D eigenvalue weighted by Gasteiger charge is 2.11. The largest absolute Gasteiger partial charge is 0.491 e. The van der Waals surface area contributed by atoms with Crippen LogP contribution in [0.25, 0.3) is 0 Å². The number of hydrogen-bond acceptors (Lipinski definition) is 5. The second kappa shape index (κ2) is 9.80. The lowest BCUT2D eigenvalue weighted by atomic mass is 10.1. The van der Waals surface area contributed by atoms with E-state index in [1.54, 1.807) is 13.8 Å². The normalized spacial score (nSPS) is 10.8. The van der Waals surface area contributed by atoms with Crippen molar-refractivity contribution in [1.29, 1.82) is 0 Å². The molecule has 0 radical (unpaired) electrons. The van der Waals surface area contributed by atoms with Gasteiger partial charge in [0, 0.05) is 12.5 Å². The number of aliphatic carboxylic acids is 1. The van der Waals surface area contributed by atoms with E-state index in [-0.39, 0.29) is 31.0 Å². The number of nitrogens with one attached hydrogen (secondary N) is 1. The minimum Gasteiger partial charge on any atom is -0.491 e. The molecule has 0 saturated heterocycles. The number of carboxylic acid groups (broad SMARTS) is 1. The SMILES string of the molecule is CC(C)Nc1ccc(COC(=O)C(C)C)cc1OCCCC(=O)O. The molecular formula is C18H27NO5. The van der Waals surface area contributed by atoms with Gasteiger partial charge in [0.15, 0.2) is 0 Å². The van der Waals surface area contributed by atoms with Crippen molar-refractivity contribution in [2.45, 2.75) is 53.2 Å². The minimum atomic E-state index is -0.839. The van der Waals surface area contributed by atoms with Gasteiger partial charge in [-0.05, 0) is 38.0 Å². The van der Waals surface area contributed by atoms with Gasteiger partial charge in [0.25, 0.3) is 0 Å². The lowest BCUT2D eigenvalue weighted by Gasteiger charge is -2.17. The molecule has 0 aliphatic rings. The van der Waals surface area contributed by atoms with E-state index in [4.69, 9.17) is 14.6 Å². The molecule has 1 aromatic rings. The molecular weight excluding hydrogens is 310 g/mol. The zero-order valence-corrected chi connectivity index (χ0v) is 14.8. The number of benzene rings is 1. The van der Waals surface area contributed by atoms with E-state index in [1.807, 2.05) is 32.0 Å². The summed E-state index contributed by atoms with van der Waals surface area (Å²) in [5.74, 6) is -0.623. The molecule has 0 fully saturated rings. The van der Waals surface area contributed by atoms with Crippen LogP contribution in [0.5, 0.6) is 5.75 Å². The predicted octanol–water partition coefficient (Wildman–Crippen LogP) is 3.45. The van der Waals surface area contributed by atoms with Crippen LogP contribution in [0, 0.1) is 5.92 Å². The maximum atomic E-state index is 11.6. The number of carbonyl (C=O) groups is 2. The summed E-state index contributed by atoms with van der Waals surface area (Å²) in [6.07, 6.45) is 0.502. The van der Waals surface area contributed by atoms with Gasteiger partial charge in [-0.2, -0.15) is 0 Å². The molecule has 0 saturated carbocycles. The monoisotopic (exact) mass is 337 g/mol. The number of carboxylic acids is 1. The summed E-state index contributed by atoms with van der Waals surface area (Å²) in [6, 6.07) is 5.81. The molecule has 6 nitrogen and oxygen atoms in total. The Morgan fingerprint density at radius 2 is 1.92 bits per heavy atom. The summed E-state index contributed by atoms with van der Waals surface area (Å²) in [4.78, 5) is 22.1. The number of ether oxygens (including phenoxy) is 2. The molecule has 6 heteroatoms. The van der Waals surface area contributed by atoms with Crippen LogP contribution in [-0.2, 0) is 20.9 Å². The van der Waals surface area contributed by atoms with Gasteiger partial charge < -0.3 is 19.9 Å². The molecule has 0 aromatic heterocycles. The van der Waals surface area contributed by atoms with Gasteiger partial charge in [0.2, 0.25) is 0 Å². The fourth-order valence-electron chi connectivity index (χ4n) is 1.93. The molecule has 24 heavy (non-hydrogen) atoms. The van der Waals surface area contributed by atoms with Crippen molar-refractivity contribution in [1.82, 2.24) is 0 Å². The van der Waals surface area contributed by atoms with E-state index in [0.29, 0.717) is 18.8 Å². The summed E-state index contributed by atoms with van der Waals surface area (Å²) in [7, 11) is 0. The maximum Gasteiger partial charge on any atom is 0.308 e. The van der Waals surface area contributed by atoms with Crippen LogP contribution < -0.4 is 10.1 Å². The molecule has 134 valence electrons. The highest BCUT2D eigenvalue weighted by molar-refractivity contribution is 5.71. The third-order valence-corrected chi connectivity index (χ3v) is 3.14. The Balaban J connectivity index is 2.75. The predicted molar refractivity (Wildman–Crippen MR) is 92.2 cm³/mol. The Morgan fingerprint density at radius 3 is 2.50 bits per heavy atom. The average molecular weight is 337 g/mol. The number of rotatable bonds is 10. The van der Waals surface area contributed by atoms with E-state index in [1.165, 1.54) is 0 Å². The summed E-state index contributed by atoms with van der Waals surface area (Å²) >= 11 is 0. The quantitative estimate of drug-likeness (QED) is 0.502. The molecule has 0 spiro atoms. The van der Waals surface area contributed by atoms with Gasteiger partial charge in [-0.1, -0.05) is 19.9 Å². The van der Waals surface area contributed by atoms with Crippen molar-refractivity contribution in [3.63, 3.8) is 0 Å². The van der Waals surface area contributed by atoms with E-state index < -0.39 is 5.97 Å². The Morgan fingerprint density at radius 1 is 1.21 bits per heavy atom. The Labute approximate surface area is 143 Å². The van der Waals surface area contributed by atoms with Gasteiger partial charge in [0.1, 0.15) is 12.4 Å². The molecule has 1 aromatic carbocycles. The van der Waals surface area contributed by atoms with Crippen molar-refractivity contribution >= 4 is 17.6 Å². The standard InChI is InChI=1S/C18H27NO5/c1-12(2)18(22)24-11-14-7-8-15(19-13(3)4)16(10-14)23-9-5-6-17(20)21/h7-8,10,12-13,19H,5-6,9,11H2,1-4H3,(H,20,21). The van der Waals surface area contributed by atoms with Crippen LogP contribution in [0.15, 0.2) is 18.2 Å². The fraction of sp³-hybridized carbons (Fsp3) is 0.556. The maximum absolute atomic E-state index is 11.6. The Bertz CT molecular complexity index is 554. The van der Waals surface area contributed by atoms with Crippen molar-refractivity contribution < 1.29 is 24.2 Å². The van der Waals surface area contributed by atoms with E-state index in [9.17, 15) is 9.59 Å². The summed E-state index contributed by atoms with van der Waals surface area (Å²) in [5.41, 5.74) is 1.66. The van der Waals surface area contributed by atoms with Gasteiger partial charge in [-0.25, -0.2) is 0 Å². The zero-order valence-electron chi connectivity index (χ0n) is 14.8. The van der Waals surface area contributed by atoms with Crippen molar-refractivity contribution in [2.24, 2.45) is 5.92 Å². The van der Waals surface area contributed by atoms with Crippen LogP contribution in [0.2, 0.25) is 0 Å². The third kappa shape index (κ3) is 7.35. The van der Waals surface area contributed by atoms with Crippen molar-refractivity contribution in [3.8, 4) is 5.75 Å². The smallest absolute Gasteiger partial charge is 0.308 e. The van der Waals surface area contributed by atoms with Crippen LogP contribution in [0.4, 0.5) is 5.69 Å². The highest BCUT2D eigenvalue weighted by atomic mass is 16.5. The van der Waals surface area contributed by atoms with E-state index >= 15 is 0 Å². The third-order valence-electron chi connectivity index (χ3n) is 3.14. The number of esters is 1. The summed E-state index contributed by atoms with van der Waals surface area (Å²) in [6.45, 7) is 8.11. The Kier molecular flexibility index (Phi) is 8.09. The molecule has 0 amide bonds. The lowest BCUT2D eigenvalue weighted by molar-refractivity contribution is -0.148.